The van der Waals surface area contributed by atoms with E-state index in [4.69, 9.17) is 9.47 Å². The van der Waals surface area contributed by atoms with E-state index < -0.39 is 0 Å². The lowest BCUT2D eigenvalue weighted by Crippen LogP contribution is -2.41. The second-order valence-electron chi connectivity index (χ2n) is 9.42. The molecule has 2 fully saturated rings. The van der Waals surface area contributed by atoms with E-state index in [1.807, 2.05) is 60.7 Å². The number of hydrogen-bond acceptors (Lipinski definition) is 7. The molecule has 1 saturated carbocycles. The number of fused-ring (bicyclic) bond motifs is 1. The maximum Gasteiger partial charge on any atom is 0.265 e. The van der Waals surface area contributed by atoms with E-state index in [2.05, 4.69) is 26.6 Å². The molecule has 2 N–H and O–H groups in total. The van der Waals surface area contributed by atoms with Gasteiger partial charge in [0.2, 0.25) is 0 Å². The summed E-state index contributed by atoms with van der Waals surface area (Å²) in [5.74, 6) is 3.32. The maximum absolute atomic E-state index is 13.1. The fourth-order valence-corrected chi connectivity index (χ4v) is 4.57. The lowest BCUT2D eigenvalue weighted by Gasteiger charge is -2.25. The van der Waals surface area contributed by atoms with Crippen LogP contribution in [-0.4, -0.2) is 38.7 Å². The van der Waals surface area contributed by atoms with E-state index in [-0.39, 0.29) is 17.6 Å². The summed E-state index contributed by atoms with van der Waals surface area (Å²) in [6.07, 6.45) is 6.85. The van der Waals surface area contributed by atoms with Gasteiger partial charge in [-0.3, -0.25) is 9.89 Å². The number of aromatic nitrogens is 3. The number of amides is 1. The minimum atomic E-state index is -0.285. The summed E-state index contributed by atoms with van der Waals surface area (Å²) in [6.45, 7) is 0.585. The Balaban J connectivity index is 1.20. The van der Waals surface area contributed by atoms with Crippen molar-refractivity contribution in [3.05, 3.63) is 78.5 Å². The van der Waals surface area contributed by atoms with Gasteiger partial charge in [-0.2, -0.15) is 10.4 Å². The van der Waals surface area contributed by atoms with Crippen molar-refractivity contribution in [2.75, 3.05) is 11.9 Å². The standard InChI is InChI=1S/C29H26N6O3/c30-18-20(17-19-8-9-19)29(36)35-16-4-7-25(35)32-28-26-24(14-15-31-27(26)33-34-28)38-23-12-10-22(11-13-23)37-21-5-2-1-3-6-21/h1-3,5-6,10-15,17,19,25H,4,7-9,16H2,(H2,31,32,33,34)/b20-17+. The van der Waals surface area contributed by atoms with Gasteiger partial charge in [0.25, 0.3) is 5.91 Å². The molecule has 1 saturated heterocycles. The second kappa shape index (κ2) is 10.3. The molecule has 1 amide bonds. The Labute approximate surface area is 219 Å². The lowest BCUT2D eigenvalue weighted by atomic mass is 10.2. The van der Waals surface area contributed by atoms with Gasteiger partial charge in [-0.1, -0.05) is 24.3 Å². The molecule has 0 spiro atoms. The molecule has 6 rings (SSSR count). The number of nitrogens with one attached hydrogen (secondary N) is 2. The first-order valence-electron chi connectivity index (χ1n) is 12.7. The molecule has 4 aromatic rings. The number of hydrogen-bond donors (Lipinski definition) is 2. The largest absolute Gasteiger partial charge is 0.457 e. The van der Waals surface area contributed by atoms with E-state index in [1.165, 1.54) is 0 Å². The van der Waals surface area contributed by atoms with Crippen LogP contribution < -0.4 is 14.8 Å². The number of anilines is 1. The first-order valence-corrected chi connectivity index (χ1v) is 12.7. The maximum atomic E-state index is 13.1. The third kappa shape index (κ3) is 5.02. The van der Waals surface area contributed by atoms with Crippen molar-refractivity contribution in [3.63, 3.8) is 0 Å². The van der Waals surface area contributed by atoms with Gasteiger partial charge in [0.05, 0.1) is 0 Å². The zero-order chi connectivity index (χ0) is 25.9. The number of nitrogens with zero attached hydrogens (tertiary/aromatic N) is 4. The van der Waals surface area contributed by atoms with Crippen LogP contribution in [0.2, 0.25) is 0 Å². The van der Waals surface area contributed by atoms with Crippen molar-refractivity contribution in [3.8, 4) is 29.1 Å². The number of benzene rings is 2. The lowest BCUT2D eigenvalue weighted by molar-refractivity contribution is -0.127. The Morgan fingerprint density at radius 3 is 2.50 bits per heavy atom. The van der Waals surface area contributed by atoms with Crippen molar-refractivity contribution >= 4 is 22.8 Å². The monoisotopic (exact) mass is 506 g/mol. The molecule has 2 aromatic heterocycles. The number of ether oxygens (including phenoxy) is 2. The molecule has 1 unspecified atom stereocenters. The molecule has 1 atom stereocenters. The average molecular weight is 507 g/mol. The zero-order valence-electron chi connectivity index (χ0n) is 20.6. The molecule has 2 aromatic carbocycles. The highest BCUT2D eigenvalue weighted by molar-refractivity contribution is 5.98. The number of allylic oxidation sites excluding steroid dienone is 1. The number of carbonyl (C=O) groups is 1. The van der Waals surface area contributed by atoms with Crippen LogP contribution in [0.4, 0.5) is 5.82 Å². The van der Waals surface area contributed by atoms with Crippen LogP contribution in [0.1, 0.15) is 25.7 Å². The number of nitriles is 1. The summed E-state index contributed by atoms with van der Waals surface area (Å²) in [7, 11) is 0. The Kier molecular flexibility index (Phi) is 6.36. The van der Waals surface area contributed by atoms with Gasteiger partial charge in [0.1, 0.15) is 46.2 Å². The highest BCUT2D eigenvalue weighted by atomic mass is 16.5. The van der Waals surface area contributed by atoms with Gasteiger partial charge in [-0.15, -0.1) is 0 Å². The Hall–Kier alpha value is -4.84. The van der Waals surface area contributed by atoms with E-state index in [9.17, 15) is 10.1 Å². The molecule has 3 heterocycles. The number of carbonyl (C=O) groups excluding carboxylic acids is 1. The van der Waals surface area contributed by atoms with Crippen molar-refractivity contribution in [1.29, 1.82) is 5.26 Å². The van der Waals surface area contributed by atoms with Crippen LogP contribution in [0, 0.1) is 17.2 Å². The molecule has 9 heteroatoms. The summed E-state index contributed by atoms with van der Waals surface area (Å²) >= 11 is 0. The molecule has 190 valence electrons. The van der Waals surface area contributed by atoms with Crippen molar-refractivity contribution in [1.82, 2.24) is 20.1 Å². The van der Waals surface area contributed by atoms with Gasteiger partial charge in [-0.25, -0.2) is 4.98 Å². The van der Waals surface area contributed by atoms with Crippen molar-refractivity contribution in [2.24, 2.45) is 5.92 Å². The van der Waals surface area contributed by atoms with E-state index in [0.717, 1.165) is 31.4 Å². The van der Waals surface area contributed by atoms with Crippen LogP contribution in [0.3, 0.4) is 0 Å². The molecular weight excluding hydrogens is 480 g/mol. The number of para-hydroxylation sites is 1. The van der Waals surface area contributed by atoms with Crippen LogP contribution in [0.5, 0.6) is 23.0 Å². The molecule has 1 aliphatic carbocycles. The molecular formula is C29H26N6O3. The molecule has 1 aliphatic heterocycles. The van der Waals surface area contributed by atoms with Crippen LogP contribution >= 0.6 is 0 Å². The van der Waals surface area contributed by atoms with Crippen LogP contribution in [0.25, 0.3) is 11.0 Å². The number of aromatic amines is 1. The molecule has 38 heavy (non-hydrogen) atoms. The minimum absolute atomic E-state index is 0.221. The SMILES string of the molecule is N#C/C(=C\C1CC1)C(=O)N1CCCC1Nc1n[nH]c2nccc(Oc3ccc(Oc4ccccc4)cc3)c12. The fourth-order valence-electron chi connectivity index (χ4n) is 4.57. The zero-order valence-corrected chi connectivity index (χ0v) is 20.6. The van der Waals surface area contributed by atoms with Crippen molar-refractivity contribution in [2.45, 2.75) is 31.8 Å². The predicted octanol–water partition coefficient (Wildman–Crippen LogP) is 5.76. The van der Waals surface area contributed by atoms with Gasteiger partial charge in [-0.05, 0) is 68.0 Å². The summed E-state index contributed by atoms with van der Waals surface area (Å²) in [6, 6.07) is 20.8. The smallest absolute Gasteiger partial charge is 0.265 e. The van der Waals surface area contributed by atoms with Crippen LogP contribution in [0.15, 0.2) is 78.5 Å². The highest BCUT2D eigenvalue weighted by Crippen LogP contribution is 2.35. The van der Waals surface area contributed by atoms with E-state index >= 15 is 0 Å². The van der Waals surface area contributed by atoms with E-state index in [0.29, 0.717) is 46.6 Å². The molecule has 2 aliphatic rings. The van der Waals surface area contributed by atoms with Gasteiger partial charge < -0.3 is 19.7 Å². The van der Waals surface area contributed by atoms with Crippen LogP contribution in [-0.2, 0) is 4.79 Å². The minimum Gasteiger partial charge on any atom is -0.457 e. The predicted molar refractivity (Wildman–Crippen MR) is 142 cm³/mol. The quantitative estimate of drug-likeness (QED) is 0.230. The number of pyridine rings is 1. The van der Waals surface area contributed by atoms with Gasteiger partial charge in [0.15, 0.2) is 11.5 Å². The first kappa shape index (κ1) is 23.6. The summed E-state index contributed by atoms with van der Waals surface area (Å²) in [5, 5.41) is 21.0. The summed E-state index contributed by atoms with van der Waals surface area (Å²) in [5.41, 5.74) is 0.787. The van der Waals surface area contributed by atoms with Gasteiger partial charge >= 0.3 is 0 Å². The topological polar surface area (TPSA) is 116 Å². The molecule has 9 nitrogen and oxygen atoms in total. The number of likely N-dealkylation sites (tertiary alicyclic amines) is 1. The summed E-state index contributed by atoms with van der Waals surface area (Å²) in [4.78, 5) is 19.2. The third-order valence-corrected chi connectivity index (χ3v) is 6.65. The number of H-pyrrole nitrogens is 1. The molecule has 0 radical (unpaired) electrons. The van der Waals surface area contributed by atoms with Crippen molar-refractivity contribution < 1.29 is 14.3 Å². The summed E-state index contributed by atoms with van der Waals surface area (Å²) < 4.78 is 12.1. The average Bonchev–Trinajstić information content (AvgIpc) is 3.49. The third-order valence-electron chi connectivity index (χ3n) is 6.65. The Bertz CT molecular complexity index is 1520. The highest BCUT2D eigenvalue weighted by Gasteiger charge is 2.33. The van der Waals surface area contributed by atoms with E-state index in [1.54, 1.807) is 17.2 Å². The molecule has 0 bridgehead atoms. The second-order valence-corrected chi connectivity index (χ2v) is 9.42. The fraction of sp³-hybridized carbons (Fsp3) is 0.241. The Morgan fingerprint density at radius 1 is 1.03 bits per heavy atom. The normalized spacial score (nSPS) is 17.3. The van der Waals surface area contributed by atoms with Gasteiger partial charge in [0, 0.05) is 18.8 Å². The Morgan fingerprint density at radius 2 is 1.76 bits per heavy atom. The number of rotatable bonds is 8. The first-order chi connectivity index (χ1) is 18.7.